The topological polar surface area (TPSA) is 83.4 Å². The minimum absolute atomic E-state index is 0.242. The summed E-state index contributed by atoms with van der Waals surface area (Å²) in [5.74, 6) is 0.636. The van der Waals surface area contributed by atoms with Gasteiger partial charge in [0.2, 0.25) is 5.91 Å². The highest BCUT2D eigenvalue weighted by Gasteiger charge is 2.22. The molecule has 3 amide bonds. The van der Waals surface area contributed by atoms with Crippen LogP contribution in [0.5, 0.6) is 0 Å². The molecule has 2 rings (SSSR count). The average molecular weight is 364 g/mol. The van der Waals surface area contributed by atoms with Crippen molar-refractivity contribution < 1.29 is 14.0 Å². The zero-order valence-electron chi connectivity index (χ0n) is 14.2. The number of halogens is 1. The van der Waals surface area contributed by atoms with Gasteiger partial charge in [0, 0.05) is 10.7 Å². The Morgan fingerprint density at radius 1 is 1.20 bits per heavy atom. The number of anilines is 1. The van der Waals surface area contributed by atoms with E-state index in [9.17, 15) is 9.59 Å². The van der Waals surface area contributed by atoms with Gasteiger partial charge in [0.15, 0.2) is 0 Å². The van der Waals surface area contributed by atoms with Crippen molar-refractivity contribution in [2.75, 3.05) is 5.32 Å². The third-order valence-corrected chi connectivity index (χ3v) is 3.66. The van der Waals surface area contributed by atoms with E-state index in [1.165, 1.54) is 0 Å². The summed E-state index contributed by atoms with van der Waals surface area (Å²) in [6, 6.07) is 9.24. The molecule has 6 nitrogen and oxygen atoms in total. The van der Waals surface area contributed by atoms with E-state index in [0.29, 0.717) is 22.9 Å². The van der Waals surface area contributed by atoms with E-state index in [2.05, 4.69) is 16.0 Å². The van der Waals surface area contributed by atoms with Gasteiger partial charge in [-0.3, -0.25) is 4.79 Å². The minimum Gasteiger partial charge on any atom is -0.467 e. The van der Waals surface area contributed by atoms with Gasteiger partial charge >= 0.3 is 6.03 Å². The number of urea groups is 1. The van der Waals surface area contributed by atoms with E-state index in [1.807, 2.05) is 13.8 Å². The molecule has 1 aromatic heterocycles. The molecule has 0 aliphatic carbocycles. The Hall–Kier alpha value is -2.47. The maximum Gasteiger partial charge on any atom is 0.319 e. The second kappa shape index (κ2) is 9.13. The average Bonchev–Trinajstić information content (AvgIpc) is 3.05. The third-order valence-electron chi connectivity index (χ3n) is 3.43. The van der Waals surface area contributed by atoms with Crippen LogP contribution in [-0.2, 0) is 11.3 Å². The molecular formula is C18H22ClN3O3. The molecule has 134 valence electrons. The van der Waals surface area contributed by atoms with Crippen molar-refractivity contribution in [3.05, 3.63) is 53.4 Å². The number of carbonyl (C=O) groups is 2. The predicted octanol–water partition coefficient (Wildman–Crippen LogP) is 3.79. The molecule has 2 aromatic rings. The predicted molar refractivity (Wildman–Crippen MR) is 97.4 cm³/mol. The summed E-state index contributed by atoms with van der Waals surface area (Å²) >= 11 is 5.90. The summed E-state index contributed by atoms with van der Waals surface area (Å²) in [5.41, 5.74) is 0.560. The zero-order chi connectivity index (χ0) is 18.2. The Labute approximate surface area is 151 Å². The van der Waals surface area contributed by atoms with Gasteiger partial charge in [-0.15, -0.1) is 0 Å². The van der Waals surface area contributed by atoms with Crippen LogP contribution < -0.4 is 16.0 Å². The Bertz CT molecular complexity index is 701. The first kappa shape index (κ1) is 18.9. The second-order valence-electron chi connectivity index (χ2n) is 6.09. The molecule has 3 N–H and O–H groups in total. The SMILES string of the molecule is CC(C)C[C@@H](NC(=O)Nc1cccc(Cl)c1)C(=O)NCc1ccco1. The van der Waals surface area contributed by atoms with Crippen molar-refractivity contribution in [1.29, 1.82) is 0 Å². The normalized spacial score (nSPS) is 11.8. The van der Waals surface area contributed by atoms with Crippen LogP contribution in [-0.4, -0.2) is 18.0 Å². The third kappa shape index (κ3) is 6.51. The number of rotatable bonds is 7. The fourth-order valence-corrected chi connectivity index (χ4v) is 2.50. The van der Waals surface area contributed by atoms with Gasteiger partial charge in [0.05, 0.1) is 12.8 Å². The highest BCUT2D eigenvalue weighted by Crippen LogP contribution is 2.15. The molecule has 0 unspecified atom stereocenters. The summed E-state index contributed by atoms with van der Waals surface area (Å²) < 4.78 is 5.19. The van der Waals surface area contributed by atoms with Crippen molar-refractivity contribution >= 4 is 29.2 Å². The highest BCUT2D eigenvalue weighted by molar-refractivity contribution is 6.30. The van der Waals surface area contributed by atoms with E-state index in [-0.39, 0.29) is 18.4 Å². The first-order valence-electron chi connectivity index (χ1n) is 8.07. The zero-order valence-corrected chi connectivity index (χ0v) is 15.0. The fraction of sp³-hybridized carbons (Fsp3) is 0.333. The monoisotopic (exact) mass is 363 g/mol. The van der Waals surface area contributed by atoms with Crippen molar-refractivity contribution in [2.24, 2.45) is 5.92 Å². The van der Waals surface area contributed by atoms with Gasteiger partial charge in [-0.05, 0) is 42.7 Å². The molecule has 0 aliphatic rings. The van der Waals surface area contributed by atoms with Crippen LogP contribution in [0, 0.1) is 5.92 Å². The molecule has 1 atom stereocenters. The van der Waals surface area contributed by atoms with E-state index in [1.54, 1.807) is 42.7 Å². The first-order chi connectivity index (χ1) is 11.9. The van der Waals surface area contributed by atoms with Gasteiger partial charge in [-0.2, -0.15) is 0 Å². The Morgan fingerprint density at radius 2 is 2.00 bits per heavy atom. The van der Waals surface area contributed by atoms with Crippen LogP contribution in [0.3, 0.4) is 0 Å². The first-order valence-corrected chi connectivity index (χ1v) is 8.45. The van der Waals surface area contributed by atoms with Crippen molar-refractivity contribution in [3.63, 3.8) is 0 Å². The molecule has 0 radical (unpaired) electrons. The van der Waals surface area contributed by atoms with Gasteiger partial charge in [0.25, 0.3) is 0 Å². The van der Waals surface area contributed by atoms with E-state index in [0.717, 1.165) is 0 Å². The standard InChI is InChI=1S/C18H22ClN3O3/c1-12(2)9-16(17(23)20-11-15-7-4-8-25-15)22-18(24)21-14-6-3-5-13(19)10-14/h3-8,10,12,16H,9,11H2,1-2H3,(H,20,23)(H2,21,22,24)/t16-/m1/s1. The molecule has 0 saturated heterocycles. The van der Waals surface area contributed by atoms with Crippen LogP contribution in [0.25, 0.3) is 0 Å². The van der Waals surface area contributed by atoms with Crippen LogP contribution >= 0.6 is 11.6 Å². The molecule has 0 aliphatic heterocycles. The van der Waals surface area contributed by atoms with Crippen LogP contribution in [0.2, 0.25) is 5.02 Å². The lowest BCUT2D eigenvalue weighted by atomic mass is 10.0. The van der Waals surface area contributed by atoms with Gasteiger partial charge in [-0.25, -0.2) is 4.79 Å². The molecule has 0 fully saturated rings. The molecule has 1 heterocycles. The Kier molecular flexibility index (Phi) is 6.89. The number of carbonyl (C=O) groups excluding carboxylic acids is 2. The number of nitrogens with one attached hydrogen (secondary N) is 3. The summed E-state index contributed by atoms with van der Waals surface area (Å²) in [7, 11) is 0. The highest BCUT2D eigenvalue weighted by atomic mass is 35.5. The van der Waals surface area contributed by atoms with Crippen LogP contribution in [0.15, 0.2) is 47.1 Å². The minimum atomic E-state index is -0.644. The summed E-state index contributed by atoms with van der Waals surface area (Å²) in [4.78, 5) is 24.6. The number of hydrogen-bond acceptors (Lipinski definition) is 3. The Balaban J connectivity index is 1.93. The maximum absolute atomic E-state index is 12.4. The molecular weight excluding hydrogens is 342 g/mol. The van der Waals surface area contributed by atoms with E-state index < -0.39 is 12.1 Å². The largest absolute Gasteiger partial charge is 0.467 e. The number of furan rings is 1. The molecule has 1 aromatic carbocycles. The van der Waals surface area contributed by atoms with Gasteiger partial charge in [0.1, 0.15) is 11.8 Å². The lowest BCUT2D eigenvalue weighted by Gasteiger charge is -2.20. The van der Waals surface area contributed by atoms with Crippen molar-refractivity contribution in [3.8, 4) is 0 Å². The quantitative estimate of drug-likeness (QED) is 0.699. The lowest BCUT2D eigenvalue weighted by Crippen LogP contribution is -2.48. The molecule has 0 spiro atoms. The molecule has 7 heteroatoms. The molecule has 0 saturated carbocycles. The van der Waals surface area contributed by atoms with Crippen LogP contribution in [0.1, 0.15) is 26.0 Å². The summed E-state index contributed by atoms with van der Waals surface area (Å²) in [6.45, 7) is 4.25. The van der Waals surface area contributed by atoms with Crippen LogP contribution in [0.4, 0.5) is 10.5 Å². The lowest BCUT2D eigenvalue weighted by molar-refractivity contribution is -0.123. The van der Waals surface area contributed by atoms with Crippen molar-refractivity contribution in [1.82, 2.24) is 10.6 Å². The maximum atomic E-state index is 12.4. The van der Waals surface area contributed by atoms with Gasteiger partial charge < -0.3 is 20.4 Å². The molecule has 25 heavy (non-hydrogen) atoms. The molecule has 0 bridgehead atoms. The van der Waals surface area contributed by atoms with E-state index >= 15 is 0 Å². The smallest absolute Gasteiger partial charge is 0.319 e. The number of amides is 3. The van der Waals surface area contributed by atoms with Gasteiger partial charge in [-0.1, -0.05) is 31.5 Å². The number of benzene rings is 1. The van der Waals surface area contributed by atoms with E-state index in [4.69, 9.17) is 16.0 Å². The van der Waals surface area contributed by atoms with Crippen molar-refractivity contribution in [2.45, 2.75) is 32.9 Å². The summed E-state index contributed by atoms with van der Waals surface area (Å²) in [6.07, 6.45) is 2.07. The Morgan fingerprint density at radius 3 is 2.64 bits per heavy atom. The number of hydrogen-bond donors (Lipinski definition) is 3. The fourth-order valence-electron chi connectivity index (χ4n) is 2.31. The summed E-state index contributed by atoms with van der Waals surface area (Å²) in [5, 5.41) is 8.68. The second-order valence-corrected chi connectivity index (χ2v) is 6.52.